The lowest BCUT2D eigenvalue weighted by Crippen LogP contribution is -2.40. The van der Waals surface area contributed by atoms with E-state index in [2.05, 4.69) is 10.1 Å². The van der Waals surface area contributed by atoms with Crippen molar-refractivity contribution in [3.05, 3.63) is 29.8 Å². The van der Waals surface area contributed by atoms with Gasteiger partial charge in [-0.2, -0.15) is 0 Å². The van der Waals surface area contributed by atoms with E-state index in [0.717, 1.165) is 0 Å². The number of carbonyl (C=O) groups excluding carboxylic acids is 3. The molecule has 1 heterocycles. The summed E-state index contributed by atoms with van der Waals surface area (Å²) in [4.78, 5) is 35.8. The van der Waals surface area contributed by atoms with Crippen molar-refractivity contribution in [1.82, 2.24) is 4.90 Å². The monoisotopic (exact) mass is 278 g/mol. The molecule has 7 nitrogen and oxygen atoms in total. The number of hydrogen-bond donors (Lipinski definition) is 1. The lowest BCUT2D eigenvalue weighted by Gasteiger charge is -2.15. The Hall–Kier alpha value is -2.57. The number of nitrogens with zero attached hydrogens (tertiary/aromatic N) is 1. The van der Waals surface area contributed by atoms with Crippen molar-refractivity contribution in [2.45, 2.75) is 6.04 Å². The molecule has 0 bridgehead atoms. The SMILES string of the molecule is COC(=O)c1cccc(NC(=O)C2COC(=O)N2C)c1. The van der Waals surface area contributed by atoms with Gasteiger partial charge in [0.25, 0.3) is 5.91 Å². The topological polar surface area (TPSA) is 84.9 Å². The number of hydrogen-bond acceptors (Lipinski definition) is 5. The Balaban J connectivity index is 2.08. The average molecular weight is 278 g/mol. The van der Waals surface area contributed by atoms with E-state index in [1.807, 2.05) is 0 Å². The van der Waals surface area contributed by atoms with Crippen LogP contribution in [0.5, 0.6) is 0 Å². The summed E-state index contributed by atoms with van der Waals surface area (Å²) in [5.41, 5.74) is 0.781. The van der Waals surface area contributed by atoms with Crippen molar-refractivity contribution in [2.75, 3.05) is 26.1 Å². The van der Waals surface area contributed by atoms with Crippen molar-refractivity contribution < 1.29 is 23.9 Å². The third-order valence-corrected chi connectivity index (χ3v) is 2.97. The minimum Gasteiger partial charge on any atom is -0.465 e. The van der Waals surface area contributed by atoms with Gasteiger partial charge in [0.1, 0.15) is 12.6 Å². The molecule has 0 saturated carbocycles. The standard InChI is InChI=1S/C13H14N2O5/c1-15-10(7-20-13(15)18)11(16)14-9-5-3-4-8(6-9)12(17)19-2/h3-6,10H,7H2,1-2H3,(H,14,16). The Bertz CT molecular complexity index is 557. The maximum absolute atomic E-state index is 12.0. The molecule has 1 atom stereocenters. The van der Waals surface area contributed by atoms with Crippen LogP contribution in [0.2, 0.25) is 0 Å². The zero-order valence-electron chi connectivity index (χ0n) is 11.1. The third-order valence-electron chi connectivity index (χ3n) is 2.97. The molecule has 20 heavy (non-hydrogen) atoms. The summed E-state index contributed by atoms with van der Waals surface area (Å²) in [6.07, 6.45) is -0.534. The van der Waals surface area contributed by atoms with E-state index in [1.165, 1.54) is 25.1 Å². The molecule has 1 aliphatic rings. The molecule has 0 radical (unpaired) electrons. The third kappa shape index (κ3) is 2.71. The van der Waals surface area contributed by atoms with E-state index in [1.54, 1.807) is 18.2 Å². The van der Waals surface area contributed by atoms with Gasteiger partial charge in [-0.3, -0.25) is 9.69 Å². The highest BCUT2D eigenvalue weighted by molar-refractivity contribution is 5.99. The molecule has 1 saturated heterocycles. The van der Waals surface area contributed by atoms with Crippen LogP contribution in [-0.4, -0.2) is 49.7 Å². The van der Waals surface area contributed by atoms with E-state index in [-0.39, 0.29) is 12.5 Å². The summed E-state index contributed by atoms with van der Waals surface area (Å²) < 4.78 is 9.37. The molecule has 0 aromatic heterocycles. The quantitative estimate of drug-likeness (QED) is 0.829. The number of carbonyl (C=O) groups is 3. The van der Waals surface area contributed by atoms with E-state index in [9.17, 15) is 14.4 Å². The number of amides is 2. The first-order valence-corrected chi connectivity index (χ1v) is 5.91. The molecule has 1 aromatic carbocycles. The van der Waals surface area contributed by atoms with Crippen LogP contribution in [0.4, 0.5) is 10.5 Å². The van der Waals surface area contributed by atoms with Gasteiger partial charge < -0.3 is 14.8 Å². The number of ether oxygens (including phenoxy) is 2. The van der Waals surface area contributed by atoms with Crippen molar-refractivity contribution >= 4 is 23.7 Å². The molecule has 1 aromatic rings. The molecular formula is C13H14N2O5. The van der Waals surface area contributed by atoms with Gasteiger partial charge in [-0.15, -0.1) is 0 Å². The molecule has 1 aliphatic heterocycles. The molecule has 106 valence electrons. The number of rotatable bonds is 3. The zero-order chi connectivity index (χ0) is 14.7. The molecule has 0 spiro atoms. The summed E-state index contributed by atoms with van der Waals surface area (Å²) in [5.74, 6) is -0.863. The molecule has 0 aliphatic carbocycles. The predicted molar refractivity (Wildman–Crippen MR) is 69.3 cm³/mol. The number of nitrogens with one attached hydrogen (secondary N) is 1. The highest BCUT2D eigenvalue weighted by atomic mass is 16.6. The van der Waals surface area contributed by atoms with Gasteiger partial charge in [0.2, 0.25) is 0 Å². The van der Waals surface area contributed by atoms with E-state index in [4.69, 9.17) is 4.74 Å². The molecular weight excluding hydrogens is 264 g/mol. The summed E-state index contributed by atoms with van der Waals surface area (Å²) in [6.45, 7) is 0.0118. The van der Waals surface area contributed by atoms with Gasteiger partial charge in [-0.1, -0.05) is 6.07 Å². The molecule has 1 fully saturated rings. The first kappa shape index (κ1) is 13.9. The van der Waals surface area contributed by atoms with Gasteiger partial charge in [-0.05, 0) is 18.2 Å². The summed E-state index contributed by atoms with van der Waals surface area (Å²) in [6, 6.07) is 5.67. The number of methoxy groups -OCH3 is 1. The van der Waals surface area contributed by atoms with Crippen LogP contribution >= 0.6 is 0 Å². The Kier molecular flexibility index (Phi) is 3.88. The normalized spacial score (nSPS) is 17.6. The van der Waals surface area contributed by atoms with Gasteiger partial charge in [-0.25, -0.2) is 9.59 Å². The molecule has 2 amide bonds. The van der Waals surface area contributed by atoms with Crippen LogP contribution < -0.4 is 5.32 Å². The Morgan fingerprint density at radius 1 is 1.45 bits per heavy atom. The lowest BCUT2D eigenvalue weighted by molar-refractivity contribution is -0.119. The number of cyclic esters (lactones) is 1. The molecule has 1 unspecified atom stereocenters. The van der Waals surface area contributed by atoms with Crippen LogP contribution in [0, 0.1) is 0 Å². The number of benzene rings is 1. The lowest BCUT2D eigenvalue weighted by atomic mass is 10.2. The molecule has 1 N–H and O–H groups in total. The first-order chi connectivity index (χ1) is 9.52. The maximum Gasteiger partial charge on any atom is 0.410 e. The van der Waals surface area contributed by atoms with Crippen LogP contribution in [0.3, 0.4) is 0 Å². The van der Waals surface area contributed by atoms with Gasteiger partial charge >= 0.3 is 12.1 Å². The van der Waals surface area contributed by atoms with Crippen molar-refractivity contribution in [3.8, 4) is 0 Å². The van der Waals surface area contributed by atoms with E-state index >= 15 is 0 Å². The second-order valence-electron chi connectivity index (χ2n) is 4.27. The van der Waals surface area contributed by atoms with Crippen molar-refractivity contribution in [1.29, 1.82) is 0 Å². The van der Waals surface area contributed by atoms with Crippen LogP contribution in [-0.2, 0) is 14.3 Å². The van der Waals surface area contributed by atoms with Crippen molar-refractivity contribution in [3.63, 3.8) is 0 Å². The maximum atomic E-state index is 12.0. The highest BCUT2D eigenvalue weighted by Crippen LogP contribution is 2.15. The molecule has 7 heteroatoms. The molecule has 2 rings (SSSR count). The van der Waals surface area contributed by atoms with E-state index in [0.29, 0.717) is 11.3 Å². The fraction of sp³-hybridized carbons (Fsp3) is 0.308. The summed E-state index contributed by atoms with van der Waals surface area (Å²) in [7, 11) is 2.77. The van der Waals surface area contributed by atoms with E-state index < -0.39 is 18.1 Å². The van der Waals surface area contributed by atoms with Crippen LogP contribution in [0.25, 0.3) is 0 Å². The van der Waals surface area contributed by atoms with Crippen molar-refractivity contribution in [2.24, 2.45) is 0 Å². The van der Waals surface area contributed by atoms with Gasteiger partial charge in [0.15, 0.2) is 0 Å². The fourth-order valence-electron chi connectivity index (χ4n) is 1.81. The summed E-state index contributed by atoms with van der Waals surface area (Å²) in [5, 5.41) is 2.63. The number of esters is 1. The van der Waals surface area contributed by atoms with Crippen LogP contribution in [0.1, 0.15) is 10.4 Å². The smallest absolute Gasteiger partial charge is 0.410 e. The number of anilines is 1. The predicted octanol–water partition coefficient (Wildman–Crippen LogP) is 0.862. The Morgan fingerprint density at radius 2 is 2.20 bits per heavy atom. The average Bonchev–Trinajstić information content (AvgIpc) is 2.78. The van der Waals surface area contributed by atoms with Gasteiger partial charge in [0.05, 0.1) is 12.7 Å². The largest absolute Gasteiger partial charge is 0.465 e. The first-order valence-electron chi connectivity index (χ1n) is 5.91. The highest BCUT2D eigenvalue weighted by Gasteiger charge is 2.35. The minimum absolute atomic E-state index is 0.0118. The van der Waals surface area contributed by atoms with Gasteiger partial charge in [0, 0.05) is 12.7 Å². The Morgan fingerprint density at radius 3 is 2.80 bits per heavy atom. The fourth-order valence-corrected chi connectivity index (χ4v) is 1.81. The summed E-state index contributed by atoms with van der Waals surface area (Å²) >= 11 is 0. The second kappa shape index (κ2) is 5.60. The number of likely N-dealkylation sites (N-methyl/N-ethyl adjacent to an activating group) is 1. The Labute approximate surface area is 115 Å². The zero-order valence-corrected chi connectivity index (χ0v) is 11.1. The van der Waals surface area contributed by atoms with Crippen LogP contribution in [0.15, 0.2) is 24.3 Å². The minimum atomic E-state index is -0.677. The second-order valence-corrected chi connectivity index (χ2v) is 4.27.